The van der Waals surface area contributed by atoms with Crippen molar-refractivity contribution in [3.63, 3.8) is 0 Å². The molecule has 0 spiro atoms. The number of guanidine groups is 1. The molecule has 2 N–H and O–H groups in total. The Morgan fingerprint density at radius 2 is 2.00 bits per heavy atom. The van der Waals surface area contributed by atoms with Gasteiger partial charge in [0, 0.05) is 54.1 Å². The molecule has 0 bridgehead atoms. The summed E-state index contributed by atoms with van der Waals surface area (Å²) in [5.74, 6) is 1.63. The number of aryl methyl sites for hydroxylation is 2. The Morgan fingerprint density at radius 3 is 2.61 bits per heavy atom. The number of carbonyl (C=O) groups excluding carboxylic acids is 1. The predicted molar refractivity (Wildman–Crippen MR) is 143 cm³/mol. The van der Waals surface area contributed by atoms with Gasteiger partial charge >= 0.3 is 0 Å². The van der Waals surface area contributed by atoms with Crippen LogP contribution < -0.4 is 10.9 Å². The first-order chi connectivity index (χ1) is 17.3. The average Bonchev–Trinajstić information content (AvgIpc) is 3.18. The van der Waals surface area contributed by atoms with Gasteiger partial charge in [0.15, 0.2) is 6.19 Å². The minimum absolute atomic E-state index is 0.0478. The molecule has 0 radical (unpaired) electrons. The highest BCUT2D eigenvalue weighted by Crippen LogP contribution is 2.43. The van der Waals surface area contributed by atoms with Crippen molar-refractivity contribution in [3.8, 4) is 6.19 Å². The van der Waals surface area contributed by atoms with Crippen molar-refractivity contribution in [3.05, 3.63) is 54.1 Å². The van der Waals surface area contributed by atoms with Gasteiger partial charge in [-0.3, -0.25) is 19.9 Å². The maximum Gasteiger partial charge on any atom is 0.255 e. The summed E-state index contributed by atoms with van der Waals surface area (Å²) in [6.07, 6.45) is 5.91. The van der Waals surface area contributed by atoms with E-state index in [4.69, 9.17) is 5.26 Å². The summed E-state index contributed by atoms with van der Waals surface area (Å²) in [6.45, 7) is 10.9. The predicted octanol–water partition coefficient (Wildman–Crippen LogP) is 3.82. The number of amides is 1. The summed E-state index contributed by atoms with van der Waals surface area (Å²) < 4.78 is 0. The van der Waals surface area contributed by atoms with Crippen LogP contribution in [0.4, 0.5) is 0 Å². The molecule has 8 nitrogen and oxygen atoms in total. The smallest absolute Gasteiger partial charge is 0.255 e. The molecule has 0 aliphatic carbocycles. The van der Waals surface area contributed by atoms with Crippen LogP contribution in [0.15, 0.2) is 15.9 Å². The average molecular weight is 509 g/mol. The zero-order valence-electron chi connectivity index (χ0n) is 21.9. The number of aromatic nitrogens is 1. The number of nitrogens with one attached hydrogen (secondary N) is 2. The second kappa shape index (κ2) is 10.9. The zero-order chi connectivity index (χ0) is 26.0. The van der Waals surface area contributed by atoms with Gasteiger partial charge in [0.1, 0.15) is 0 Å². The van der Waals surface area contributed by atoms with Crippen LogP contribution in [0.3, 0.4) is 0 Å². The Hall–Kier alpha value is -3.12. The summed E-state index contributed by atoms with van der Waals surface area (Å²) in [6, 6.07) is 1.97. The van der Waals surface area contributed by atoms with Crippen molar-refractivity contribution in [2.75, 3.05) is 26.7 Å². The van der Waals surface area contributed by atoms with E-state index in [1.54, 1.807) is 7.05 Å². The third-order valence-corrected chi connectivity index (χ3v) is 9.26. The number of hydrogen-bond donors (Lipinski definition) is 2. The molecule has 0 saturated carbocycles. The van der Waals surface area contributed by atoms with E-state index in [2.05, 4.69) is 34.0 Å². The maximum absolute atomic E-state index is 13.6. The summed E-state index contributed by atoms with van der Waals surface area (Å²) in [5, 5.41) is 11.7. The largest absolute Gasteiger partial charge is 0.342 e. The maximum atomic E-state index is 13.6. The fraction of sp³-hybridized carbons (Fsp3) is 0.556. The van der Waals surface area contributed by atoms with E-state index in [0.29, 0.717) is 36.4 Å². The molecule has 1 saturated heterocycles. The Bertz CT molecular complexity index is 1260. The number of pyridine rings is 1. The number of thiophene rings is 1. The van der Waals surface area contributed by atoms with Crippen molar-refractivity contribution in [2.24, 2.45) is 10.9 Å². The summed E-state index contributed by atoms with van der Waals surface area (Å²) >= 11 is 1.82. The highest BCUT2D eigenvalue weighted by atomic mass is 32.1. The molecule has 2 aliphatic rings. The lowest BCUT2D eigenvalue weighted by Gasteiger charge is -2.36. The van der Waals surface area contributed by atoms with E-state index in [0.717, 1.165) is 61.2 Å². The van der Waals surface area contributed by atoms with Crippen molar-refractivity contribution >= 4 is 23.2 Å². The van der Waals surface area contributed by atoms with E-state index in [-0.39, 0.29) is 11.5 Å². The van der Waals surface area contributed by atoms with Gasteiger partial charge in [0.25, 0.3) is 11.5 Å². The van der Waals surface area contributed by atoms with E-state index >= 15 is 0 Å². The first-order valence-electron chi connectivity index (χ1n) is 12.8. The Labute approximate surface area is 217 Å². The lowest BCUT2D eigenvalue weighted by molar-refractivity contribution is 0.0727. The minimum atomic E-state index is -0.104. The lowest BCUT2D eigenvalue weighted by Crippen LogP contribution is -2.44. The van der Waals surface area contributed by atoms with Crippen LogP contribution in [0.25, 0.3) is 0 Å². The second-order valence-corrected chi connectivity index (χ2v) is 11.1. The summed E-state index contributed by atoms with van der Waals surface area (Å²) in [4.78, 5) is 39.8. The van der Waals surface area contributed by atoms with E-state index in [1.165, 1.54) is 9.75 Å². The van der Waals surface area contributed by atoms with Crippen molar-refractivity contribution in [1.82, 2.24) is 20.1 Å². The van der Waals surface area contributed by atoms with E-state index in [1.807, 2.05) is 42.3 Å². The quantitative estimate of drug-likeness (QED) is 0.277. The Kier molecular flexibility index (Phi) is 7.84. The number of rotatable bonds is 5. The van der Waals surface area contributed by atoms with Gasteiger partial charge in [0.2, 0.25) is 5.96 Å². The van der Waals surface area contributed by atoms with Crippen molar-refractivity contribution in [1.29, 1.82) is 5.26 Å². The Balaban J connectivity index is 1.53. The summed E-state index contributed by atoms with van der Waals surface area (Å²) in [7, 11) is 1.71. The number of nitrogens with zero attached hydrogens (tertiary/aromatic N) is 4. The lowest BCUT2D eigenvalue weighted by atomic mass is 9.80. The molecule has 1 amide bonds. The van der Waals surface area contributed by atoms with Gasteiger partial charge in [-0.1, -0.05) is 6.92 Å². The van der Waals surface area contributed by atoms with Crippen molar-refractivity contribution < 1.29 is 4.79 Å². The fourth-order valence-electron chi connectivity index (χ4n) is 5.89. The van der Waals surface area contributed by atoms with Gasteiger partial charge in [-0.25, -0.2) is 0 Å². The molecule has 2 aromatic rings. The number of hydrogen-bond acceptors (Lipinski definition) is 5. The molecule has 1 fully saturated rings. The molecule has 2 aromatic heterocycles. The van der Waals surface area contributed by atoms with Gasteiger partial charge < -0.3 is 14.8 Å². The monoisotopic (exact) mass is 508 g/mol. The molecular weight excluding hydrogens is 472 g/mol. The second-order valence-electron chi connectivity index (χ2n) is 9.93. The van der Waals surface area contributed by atoms with Crippen molar-refractivity contribution in [2.45, 2.75) is 65.8 Å². The third-order valence-electron chi connectivity index (χ3n) is 7.77. The SMILES string of the molecule is CCC(c1sc2c(c1C)C(=O)N(Cc1c(C)cc(C)[nH]c1=O)CC2)C1CCN(C(=NC)NC#N)CC1. The number of aliphatic imine (C=N–C) groups is 1. The number of fused-ring (bicyclic) bond motifs is 1. The van der Waals surface area contributed by atoms with E-state index in [9.17, 15) is 9.59 Å². The van der Waals surface area contributed by atoms with Crippen LogP contribution in [-0.2, 0) is 13.0 Å². The molecule has 4 heterocycles. The van der Waals surface area contributed by atoms with Crippen LogP contribution in [0, 0.1) is 38.1 Å². The number of piperidine rings is 1. The number of H-pyrrole nitrogens is 1. The van der Waals surface area contributed by atoms with Crippen LogP contribution in [0.5, 0.6) is 0 Å². The molecule has 192 valence electrons. The van der Waals surface area contributed by atoms with Gasteiger partial charge in [-0.15, -0.1) is 11.3 Å². The number of aromatic amines is 1. The highest BCUT2D eigenvalue weighted by molar-refractivity contribution is 7.12. The molecule has 1 atom stereocenters. The van der Waals surface area contributed by atoms with Crippen LogP contribution in [0.1, 0.15) is 74.6 Å². The standard InChI is InChI=1S/C27H36N6O2S/c1-6-20(19-7-10-32(11-8-19)27(29-5)30-15-28)24-18(4)23-22(36-24)9-12-33(26(23)35)14-21-16(2)13-17(3)31-25(21)34/h13,19-20H,6-12,14H2,1-5H3,(H,29,30)(H,31,34). The molecular formula is C27H36N6O2S. The first-order valence-corrected chi connectivity index (χ1v) is 13.6. The third kappa shape index (κ3) is 4.92. The molecule has 4 rings (SSSR count). The topological polar surface area (TPSA) is 105 Å². The highest BCUT2D eigenvalue weighted by Gasteiger charge is 2.35. The molecule has 2 aliphatic heterocycles. The first kappa shape index (κ1) is 26.0. The number of nitriles is 1. The normalized spacial score (nSPS) is 17.7. The van der Waals surface area contributed by atoms with E-state index < -0.39 is 0 Å². The number of carbonyl (C=O) groups is 1. The van der Waals surface area contributed by atoms with Gasteiger partial charge in [0.05, 0.1) is 12.1 Å². The fourth-order valence-corrected chi connectivity index (χ4v) is 7.46. The molecule has 1 unspecified atom stereocenters. The molecule has 0 aromatic carbocycles. The minimum Gasteiger partial charge on any atom is -0.342 e. The molecule has 9 heteroatoms. The van der Waals surface area contributed by atoms with Crippen LogP contribution in [-0.4, -0.2) is 53.3 Å². The van der Waals surface area contributed by atoms with Crippen LogP contribution >= 0.6 is 11.3 Å². The zero-order valence-corrected chi connectivity index (χ0v) is 22.7. The Morgan fingerprint density at radius 1 is 1.28 bits per heavy atom. The number of likely N-dealkylation sites (tertiary alicyclic amines) is 1. The summed E-state index contributed by atoms with van der Waals surface area (Å²) in [5.41, 5.74) is 4.31. The molecule has 36 heavy (non-hydrogen) atoms. The van der Waals surface area contributed by atoms with Gasteiger partial charge in [-0.2, -0.15) is 5.26 Å². The van der Waals surface area contributed by atoms with Gasteiger partial charge in [-0.05, 0) is 69.1 Å². The van der Waals surface area contributed by atoms with Crippen LogP contribution in [0.2, 0.25) is 0 Å².